The molecule has 5 N–H and O–H groups in total. The summed E-state index contributed by atoms with van der Waals surface area (Å²) in [5, 5.41) is 14.7. The Morgan fingerprint density at radius 3 is 2.60 bits per heavy atom. The van der Waals surface area contributed by atoms with Gasteiger partial charge >= 0.3 is 5.97 Å². The van der Waals surface area contributed by atoms with E-state index in [9.17, 15) is 14.4 Å². The van der Waals surface area contributed by atoms with Crippen molar-refractivity contribution in [2.24, 2.45) is 11.1 Å². The molecule has 0 spiro atoms. The lowest BCUT2D eigenvalue weighted by atomic mass is 9.77. The van der Waals surface area contributed by atoms with Crippen LogP contribution in [-0.4, -0.2) is 41.5 Å². The zero-order valence-corrected chi connectivity index (χ0v) is 11.9. The number of piperidine rings is 1. The van der Waals surface area contributed by atoms with E-state index in [1.807, 2.05) is 13.8 Å². The lowest BCUT2D eigenvalue weighted by Crippen LogP contribution is -2.58. The van der Waals surface area contributed by atoms with Gasteiger partial charge in [-0.05, 0) is 31.2 Å². The van der Waals surface area contributed by atoms with E-state index in [0.717, 1.165) is 19.4 Å². The minimum Gasteiger partial charge on any atom is -0.480 e. The number of aliphatic carboxylic acids is 1. The maximum absolute atomic E-state index is 12.2. The molecule has 0 aromatic rings. The standard InChI is InChI=1S/C13H23N3O4/c1-13(2)6-3-7-15-10(13)11(18)16-8(12(19)20)4-5-9(14)17/h8,10,15H,3-7H2,1-2H3,(H2,14,17)(H,16,18)(H,19,20)/t8-,10?/m1/s1. The Labute approximate surface area is 118 Å². The summed E-state index contributed by atoms with van der Waals surface area (Å²) in [5.74, 6) is -2.08. The molecule has 2 amide bonds. The average Bonchev–Trinajstić information content (AvgIpc) is 2.32. The van der Waals surface area contributed by atoms with Crippen molar-refractivity contribution < 1.29 is 19.5 Å². The second-order valence-electron chi connectivity index (χ2n) is 5.88. The minimum absolute atomic E-state index is 0.00353. The summed E-state index contributed by atoms with van der Waals surface area (Å²) in [5.41, 5.74) is 4.77. The van der Waals surface area contributed by atoms with Gasteiger partial charge in [-0.3, -0.25) is 9.59 Å². The summed E-state index contributed by atoms with van der Waals surface area (Å²) in [7, 11) is 0. The fraction of sp³-hybridized carbons (Fsp3) is 0.769. The van der Waals surface area contributed by atoms with Crippen molar-refractivity contribution in [2.75, 3.05) is 6.54 Å². The fourth-order valence-electron chi connectivity index (χ4n) is 2.46. The third-order valence-electron chi connectivity index (χ3n) is 3.68. The molecule has 1 saturated heterocycles. The highest BCUT2D eigenvalue weighted by Crippen LogP contribution is 2.30. The van der Waals surface area contributed by atoms with Gasteiger partial charge in [-0.2, -0.15) is 0 Å². The normalized spacial score (nSPS) is 22.8. The molecular formula is C13H23N3O4. The number of rotatable bonds is 6. The Morgan fingerprint density at radius 2 is 2.10 bits per heavy atom. The van der Waals surface area contributed by atoms with Gasteiger partial charge < -0.3 is 21.5 Å². The predicted molar refractivity (Wildman–Crippen MR) is 72.8 cm³/mol. The number of carbonyl (C=O) groups excluding carboxylic acids is 2. The van der Waals surface area contributed by atoms with Crippen molar-refractivity contribution in [1.82, 2.24) is 10.6 Å². The SMILES string of the molecule is CC1(C)CCCNC1C(=O)N[C@H](CCC(N)=O)C(=O)O. The molecule has 114 valence electrons. The Morgan fingerprint density at radius 1 is 1.45 bits per heavy atom. The number of nitrogens with two attached hydrogens (primary N) is 1. The molecule has 20 heavy (non-hydrogen) atoms. The molecule has 7 nitrogen and oxygen atoms in total. The number of hydrogen-bond donors (Lipinski definition) is 4. The maximum atomic E-state index is 12.2. The first-order chi connectivity index (χ1) is 9.24. The predicted octanol–water partition coefficient (Wildman–Crippen LogP) is -0.400. The summed E-state index contributed by atoms with van der Waals surface area (Å²) in [6.45, 7) is 4.69. The average molecular weight is 285 g/mol. The molecule has 7 heteroatoms. The number of carboxylic acid groups (broad SMARTS) is 1. The summed E-state index contributed by atoms with van der Waals surface area (Å²) in [6.07, 6.45) is 1.82. The molecule has 1 heterocycles. The smallest absolute Gasteiger partial charge is 0.326 e. The Balaban J connectivity index is 2.65. The molecule has 0 bridgehead atoms. The lowest BCUT2D eigenvalue weighted by molar-refractivity contribution is -0.143. The van der Waals surface area contributed by atoms with E-state index < -0.39 is 24.0 Å². The van der Waals surface area contributed by atoms with Gasteiger partial charge in [-0.1, -0.05) is 13.8 Å². The Hall–Kier alpha value is -1.63. The van der Waals surface area contributed by atoms with Gasteiger partial charge in [0.05, 0.1) is 6.04 Å². The molecule has 1 fully saturated rings. The van der Waals surface area contributed by atoms with Crippen molar-refractivity contribution in [3.05, 3.63) is 0 Å². The van der Waals surface area contributed by atoms with Gasteiger partial charge in [-0.25, -0.2) is 4.79 Å². The number of primary amides is 1. The first-order valence-electron chi connectivity index (χ1n) is 6.79. The molecular weight excluding hydrogens is 262 g/mol. The maximum Gasteiger partial charge on any atom is 0.326 e. The van der Waals surface area contributed by atoms with Gasteiger partial charge in [0.25, 0.3) is 0 Å². The molecule has 1 aliphatic rings. The Bertz CT molecular complexity index is 395. The van der Waals surface area contributed by atoms with Gasteiger partial charge in [0.2, 0.25) is 11.8 Å². The summed E-state index contributed by atoms with van der Waals surface area (Å²) in [6, 6.07) is -1.51. The van der Waals surface area contributed by atoms with Crippen molar-refractivity contribution in [3.8, 4) is 0 Å². The van der Waals surface area contributed by atoms with Crippen molar-refractivity contribution in [2.45, 2.75) is 51.6 Å². The van der Waals surface area contributed by atoms with E-state index in [-0.39, 0.29) is 24.2 Å². The zero-order chi connectivity index (χ0) is 15.3. The van der Waals surface area contributed by atoms with Crippen LogP contribution >= 0.6 is 0 Å². The van der Waals surface area contributed by atoms with Crippen LogP contribution in [0.4, 0.5) is 0 Å². The third kappa shape index (κ3) is 4.48. The van der Waals surface area contributed by atoms with Crippen molar-refractivity contribution in [1.29, 1.82) is 0 Å². The van der Waals surface area contributed by atoms with Crippen LogP contribution in [-0.2, 0) is 14.4 Å². The first kappa shape index (κ1) is 16.4. The monoisotopic (exact) mass is 285 g/mol. The molecule has 0 radical (unpaired) electrons. The first-order valence-corrected chi connectivity index (χ1v) is 6.79. The van der Waals surface area contributed by atoms with Crippen LogP contribution in [0.5, 0.6) is 0 Å². The minimum atomic E-state index is -1.16. The van der Waals surface area contributed by atoms with E-state index in [2.05, 4.69) is 10.6 Å². The van der Waals surface area contributed by atoms with Crippen LogP contribution in [0.1, 0.15) is 39.5 Å². The second-order valence-corrected chi connectivity index (χ2v) is 5.88. The molecule has 0 aromatic heterocycles. The molecule has 0 saturated carbocycles. The van der Waals surface area contributed by atoms with Crippen LogP contribution < -0.4 is 16.4 Å². The van der Waals surface area contributed by atoms with Crippen LogP contribution in [0.15, 0.2) is 0 Å². The lowest BCUT2D eigenvalue weighted by Gasteiger charge is -2.38. The van der Waals surface area contributed by atoms with E-state index >= 15 is 0 Å². The number of carboxylic acids is 1. The van der Waals surface area contributed by atoms with E-state index in [4.69, 9.17) is 10.8 Å². The quantitative estimate of drug-likeness (QED) is 0.529. The molecule has 1 unspecified atom stereocenters. The van der Waals surface area contributed by atoms with Crippen LogP contribution in [0.2, 0.25) is 0 Å². The number of carbonyl (C=O) groups is 3. The number of amides is 2. The highest BCUT2D eigenvalue weighted by molar-refractivity contribution is 5.88. The summed E-state index contributed by atoms with van der Waals surface area (Å²) < 4.78 is 0. The van der Waals surface area contributed by atoms with Gasteiger partial charge in [0.1, 0.15) is 6.04 Å². The van der Waals surface area contributed by atoms with E-state index in [0.29, 0.717) is 0 Å². The largest absolute Gasteiger partial charge is 0.480 e. The topological polar surface area (TPSA) is 122 Å². The van der Waals surface area contributed by atoms with Crippen molar-refractivity contribution >= 4 is 17.8 Å². The summed E-state index contributed by atoms with van der Waals surface area (Å²) in [4.78, 5) is 34.0. The van der Waals surface area contributed by atoms with E-state index in [1.54, 1.807) is 0 Å². The number of nitrogens with one attached hydrogen (secondary N) is 2. The van der Waals surface area contributed by atoms with Crippen molar-refractivity contribution in [3.63, 3.8) is 0 Å². The molecule has 0 aliphatic carbocycles. The zero-order valence-electron chi connectivity index (χ0n) is 11.9. The third-order valence-corrected chi connectivity index (χ3v) is 3.68. The summed E-state index contributed by atoms with van der Waals surface area (Å²) >= 11 is 0. The molecule has 0 aromatic carbocycles. The van der Waals surface area contributed by atoms with Crippen LogP contribution in [0, 0.1) is 5.41 Å². The molecule has 1 rings (SSSR count). The highest BCUT2D eigenvalue weighted by Gasteiger charge is 2.38. The van der Waals surface area contributed by atoms with Crippen LogP contribution in [0.3, 0.4) is 0 Å². The van der Waals surface area contributed by atoms with Gasteiger partial charge in [-0.15, -0.1) is 0 Å². The second kappa shape index (κ2) is 6.69. The Kier molecular flexibility index (Phi) is 5.50. The molecule has 2 atom stereocenters. The molecule has 1 aliphatic heterocycles. The highest BCUT2D eigenvalue weighted by atomic mass is 16.4. The van der Waals surface area contributed by atoms with Gasteiger partial charge in [0.15, 0.2) is 0 Å². The van der Waals surface area contributed by atoms with E-state index in [1.165, 1.54) is 0 Å². The fourth-order valence-corrected chi connectivity index (χ4v) is 2.46. The number of hydrogen-bond acceptors (Lipinski definition) is 4. The van der Waals surface area contributed by atoms with Gasteiger partial charge in [0, 0.05) is 6.42 Å². The van der Waals surface area contributed by atoms with Crippen LogP contribution in [0.25, 0.3) is 0 Å².